The van der Waals surface area contributed by atoms with E-state index in [9.17, 15) is 14.0 Å². The van der Waals surface area contributed by atoms with E-state index in [4.69, 9.17) is 5.11 Å². The average Bonchev–Trinajstić information content (AvgIpc) is 3.47. The van der Waals surface area contributed by atoms with Gasteiger partial charge in [0.2, 0.25) is 0 Å². The quantitative estimate of drug-likeness (QED) is 0.418. The predicted molar refractivity (Wildman–Crippen MR) is 116 cm³/mol. The van der Waals surface area contributed by atoms with E-state index < -0.39 is 11.6 Å². The zero-order valence-electron chi connectivity index (χ0n) is 17.3. The summed E-state index contributed by atoms with van der Waals surface area (Å²) in [4.78, 5) is 32.5. The molecule has 0 aliphatic heterocycles. The van der Waals surface area contributed by atoms with Crippen molar-refractivity contribution in [3.8, 4) is 5.69 Å². The summed E-state index contributed by atoms with van der Waals surface area (Å²) in [7, 11) is 0. The molecule has 0 radical (unpaired) electrons. The SMILES string of the molecule is O=C(O)NCc1ccc(C2(NC(=O)c3cncc4c3cnn4-c3ccc(F)cc3)CC2)nc1. The lowest BCUT2D eigenvalue weighted by Crippen LogP contribution is -2.35. The number of hydrogen-bond acceptors (Lipinski definition) is 5. The van der Waals surface area contributed by atoms with Gasteiger partial charge in [0.15, 0.2) is 0 Å². The van der Waals surface area contributed by atoms with Crippen LogP contribution in [-0.2, 0) is 12.1 Å². The van der Waals surface area contributed by atoms with Crippen LogP contribution in [0.15, 0.2) is 61.2 Å². The molecule has 10 heteroatoms. The summed E-state index contributed by atoms with van der Waals surface area (Å²) in [6.45, 7) is 0.160. The van der Waals surface area contributed by atoms with Crippen LogP contribution < -0.4 is 10.6 Å². The fourth-order valence-corrected chi connectivity index (χ4v) is 3.76. The molecule has 0 unspecified atom stereocenters. The lowest BCUT2D eigenvalue weighted by atomic mass is 10.1. The van der Waals surface area contributed by atoms with Crippen molar-refractivity contribution in [3.63, 3.8) is 0 Å². The third kappa shape index (κ3) is 3.98. The number of fused-ring (bicyclic) bond motifs is 1. The Labute approximate surface area is 187 Å². The van der Waals surface area contributed by atoms with E-state index >= 15 is 0 Å². The van der Waals surface area contributed by atoms with Gasteiger partial charge in [0.1, 0.15) is 5.82 Å². The van der Waals surface area contributed by atoms with Gasteiger partial charge in [-0.1, -0.05) is 6.07 Å². The Kier molecular flexibility index (Phi) is 4.97. The highest BCUT2D eigenvalue weighted by molar-refractivity contribution is 6.06. The maximum atomic E-state index is 13.3. The van der Waals surface area contributed by atoms with E-state index in [2.05, 4.69) is 25.7 Å². The Morgan fingerprint density at radius 3 is 2.52 bits per heavy atom. The van der Waals surface area contributed by atoms with Crippen LogP contribution in [0.5, 0.6) is 0 Å². The van der Waals surface area contributed by atoms with E-state index in [0.717, 1.165) is 24.1 Å². The molecule has 1 aromatic carbocycles. The van der Waals surface area contributed by atoms with Crippen molar-refractivity contribution in [2.75, 3.05) is 0 Å². The summed E-state index contributed by atoms with van der Waals surface area (Å²) < 4.78 is 14.9. The van der Waals surface area contributed by atoms with E-state index in [1.807, 2.05) is 0 Å². The standard InChI is InChI=1S/C23H19FN6O3/c24-15-2-4-16(5-3-15)30-19-13-25-11-18(17(19)12-28-30)21(31)29-23(7-8-23)20-6-1-14(9-26-20)10-27-22(32)33/h1-6,9,11-13,27H,7-8,10H2,(H,29,31)(H,32,33). The van der Waals surface area contributed by atoms with E-state index in [0.29, 0.717) is 22.2 Å². The fourth-order valence-electron chi connectivity index (χ4n) is 3.76. The number of pyridine rings is 2. The summed E-state index contributed by atoms with van der Waals surface area (Å²) in [5.41, 5.74) is 2.56. The van der Waals surface area contributed by atoms with Crippen LogP contribution in [0.4, 0.5) is 9.18 Å². The number of carboxylic acid groups (broad SMARTS) is 1. The Balaban J connectivity index is 1.38. The highest BCUT2D eigenvalue weighted by Crippen LogP contribution is 2.44. The molecule has 3 aromatic heterocycles. The molecule has 33 heavy (non-hydrogen) atoms. The monoisotopic (exact) mass is 446 g/mol. The first-order valence-electron chi connectivity index (χ1n) is 10.3. The molecule has 0 atom stereocenters. The number of halogens is 1. The highest BCUT2D eigenvalue weighted by atomic mass is 19.1. The van der Waals surface area contributed by atoms with Crippen LogP contribution in [0.1, 0.15) is 34.5 Å². The minimum Gasteiger partial charge on any atom is -0.465 e. The van der Waals surface area contributed by atoms with Crippen LogP contribution in [0.3, 0.4) is 0 Å². The summed E-state index contributed by atoms with van der Waals surface area (Å²) >= 11 is 0. The first kappa shape index (κ1) is 20.6. The Morgan fingerprint density at radius 1 is 1.06 bits per heavy atom. The van der Waals surface area contributed by atoms with Gasteiger partial charge in [-0.15, -0.1) is 0 Å². The number of aromatic nitrogens is 4. The molecule has 4 aromatic rings. The molecule has 1 aliphatic carbocycles. The van der Waals surface area contributed by atoms with Gasteiger partial charge >= 0.3 is 6.09 Å². The van der Waals surface area contributed by atoms with Crippen LogP contribution in [-0.4, -0.2) is 36.9 Å². The Morgan fingerprint density at radius 2 is 1.85 bits per heavy atom. The van der Waals surface area contributed by atoms with Crippen molar-refractivity contribution in [2.45, 2.75) is 24.9 Å². The van der Waals surface area contributed by atoms with Crippen molar-refractivity contribution < 1.29 is 19.1 Å². The normalized spacial score (nSPS) is 14.1. The molecule has 166 valence electrons. The molecule has 1 saturated carbocycles. The molecule has 9 nitrogen and oxygen atoms in total. The summed E-state index contributed by atoms with van der Waals surface area (Å²) in [6, 6.07) is 9.50. The van der Waals surface area contributed by atoms with Crippen LogP contribution >= 0.6 is 0 Å². The minimum absolute atomic E-state index is 0.160. The lowest BCUT2D eigenvalue weighted by molar-refractivity contribution is 0.0931. The van der Waals surface area contributed by atoms with Crippen LogP contribution in [0.25, 0.3) is 16.6 Å². The zero-order chi connectivity index (χ0) is 23.0. The van der Waals surface area contributed by atoms with Crippen molar-refractivity contribution in [1.29, 1.82) is 0 Å². The largest absolute Gasteiger partial charge is 0.465 e. The van der Waals surface area contributed by atoms with Crippen molar-refractivity contribution in [2.24, 2.45) is 0 Å². The summed E-state index contributed by atoms with van der Waals surface area (Å²) in [5, 5.41) is 19.1. The highest BCUT2D eigenvalue weighted by Gasteiger charge is 2.47. The molecule has 0 bridgehead atoms. The second kappa shape index (κ2) is 7.97. The number of nitrogens with one attached hydrogen (secondary N) is 2. The molecule has 5 rings (SSSR count). The minimum atomic E-state index is -1.10. The lowest BCUT2D eigenvalue weighted by Gasteiger charge is -2.17. The third-order valence-corrected chi connectivity index (χ3v) is 5.67. The number of amides is 2. The van der Waals surface area contributed by atoms with Gasteiger partial charge < -0.3 is 15.7 Å². The average molecular weight is 446 g/mol. The third-order valence-electron chi connectivity index (χ3n) is 5.67. The molecule has 0 spiro atoms. The van der Waals surface area contributed by atoms with Gasteiger partial charge in [0.25, 0.3) is 5.91 Å². The second-order valence-electron chi connectivity index (χ2n) is 7.90. The first-order valence-corrected chi connectivity index (χ1v) is 10.3. The van der Waals surface area contributed by atoms with Gasteiger partial charge in [-0.2, -0.15) is 5.10 Å². The van der Waals surface area contributed by atoms with Crippen molar-refractivity contribution >= 4 is 22.9 Å². The smallest absolute Gasteiger partial charge is 0.404 e. The van der Waals surface area contributed by atoms with Gasteiger partial charge in [-0.3, -0.25) is 14.8 Å². The molecular weight excluding hydrogens is 427 g/mol. The summed E-state index contributed by atoms with van der Waals surface area (Å²) in [5.74, 6) is -0.634. The molecule has 2 amide bonds. The Bertz CT molecular complexity index is 1350. The number of carbonyl (C=O) groups excluding carboxylic acids is 1. The van der Waals surface area contributed by atoms with E-state index in [1.165, 1.54) is 18.3 Å². The maximum Gasteiger partial charge on any atom is 0.404 e. The van der Waals surface area contributed by atoms with Crippen molar-refractivity contribution in [3.05, 3.63) is 83.8 Å². The van der Waals surface area contributed by atoms with Gasteiger partial charge in [-0.25, -0.2) is 13.9 Å². The first-order chi connectivity index (χ1) is 15.9. The van der Waals surface area contributed by atoms with Crippen molar-refractivity contribution in [1.82, 2.24) is 30.4 Å². The molecule has 3 heterocycles. The summed E-state index contributed by atoms with van der Waals surface area (Å²) in [6.07, 6.45) is 6.70. The number of rotatable bonds is 6. The number of nitrogens with zero attached hydrogens (tertiary/aromatic N) is 4. The predicted octanol–water partition coefficient (Wildman–Crippen LogP) is 3.14. The van der Waals surface area contributed by atoms with E-state index in [-0.39, 0.29) is 18.3 Å². The topological polar surface area (TPSA) is 122 Å². The molecule has 0 saturated heterocycles. The zero-order valence-corrected chi connectivity index (χ0v) is 17.3. The number of hydrogen-bond donors (Lipinski definition) is 3. The molecule has 1 fully saturated rings. The van der Waals surface area contributed by atoms with Gasteiger partial charge in [0, 0.05) is 24.3 Å². The second-order valence-corrected chi connectivity index (χ2v) is 7.90. The molecule has 3 N–H and O–H groups in total. The molecular formula is C23H19FN6O3. The Hall–Kier alpha value is -4.34. The van der Waals surface area contributed by atoms with Crippen LogP contribution in [0, 0.1) is 5.82 Å². The van der Waals surface area contributed by atoms with Gasteiger partial charge in [-0.05, 0) is 48.7 Å². The van der Waals surface area contributed by atoms with Gasteiger partial charge in [0.05, 0.1) is 40.4 Å². The number of carbonyl (C=O) groups is 2. The maximum absolute atomic E-state index is 13.3. The fraction of sp³-hybridized carbons (Fsp3) is 0.174. The molecule has 1 aliphatic rings. The van der Waals surface area contributed by atoms with E-state index in [1.54, 1.807) is 47.5 Å². The number of benzene rings is 1. The van der Waals surface area contributed by atoms with Crippen LogP contribution in [0.2, 0.25) is 0 Å².